The molecule has 0 saturated heterocycles. The zero-order valence-corrected chi connectivity index (χ0v) is 13.5. The number of amides is 1. The summed E-state index contributed by atoms with van der Waals surface area (Å²) in [6.45, 7) is 6.49. The molecule has 1 aromatic carbocycles. The number of nitrogens with zero attached hydrogens (tertiary/aromatic N) is 1. The third-order valence-corrected chi connectivity index (χ3v) is 4.74. The maximum atomic E-state index is 12.2. The third-order valence-electron chi connectivity index (χ3n) is 3.34. The molecule has 0 spiro atoms. The van der Waals surface area contributed by atoms with E-state index >= 15 is 0 Å². The molecule has 0 aliphatic carbocycles. The van der Waals surface area contributed by atoms with Crippen LogP contribution in [0.1, 0.15) is 26.3 Å². The molecule has 21 heavy (non-hydrogen) atoms. The number of sulfonamides is 1. The van der Waals surface area contributed by atoms with Crippen LogP contribution in [0.25, 0.3) is 0 Å². The summed E-state index contributed by atoms with van der Waals surface area (Å²) in [5, 5.41) is 0. The number of hydrogen-bond acceptors (Lipinski definition) is 4. The standard InChI is InChI=1S/C14H23N3O3S/c1-4-11-7-8-12(9-13(11)15)21(19,20)16-10-14(18)17(5-2)6-3/h7-9,16H,4-6,10,15H2,1-3H3. The Morgan fingerprint density at radius 3 is 2.33 bits per heavy atom. The van der Waals surface area contributed by atoms with Crippen LogP contribution in [0.15, 0.2) is 23.1 Å². The molecule has 0 bridgehead atoms. The van der Waals surface area contributed by atoms with Crippen molar-refractivity contribution in [3.05, 3.63) is 23.8 Å². The normalized spacial score (nSPS) is 11.4. The SMILES string of the molecule is CCc1ccc(S(=O)(=O)NCC(=O)N(CC)CC)cc1N. The molecule has 7 heteroatoms. The zero-order chi connectivity index (χ0) is 16.0. The van der Waals surface area contributed by atoms with Gasteiger partial charge in [0, 0.05) is 18.8 Å². The van der Waals surface area contributed by atoms with Gasteiger partial charge in [-0.25, -0.2) is 13.1 Å². The number of carbonyl (C=O) groups excluding carboxylic acids is 1. The number of hydrogen-bond donors (Lipinski definition) is 2. The first-order valence-corrected chi connectivity index (χ1v) is 8.49. The van der Waals surface area contributed by atoms with E-state index in [4.69, 9.17) is 5.73 Å². The number of nitrogens with two attached hydrogens (primary N) is 1. The molecule has 1 amide bonds. The molecule has 1 aromatic rings. The average Bonchev–Trinajstić information content (AvgIpc) is 2.46. The number of rotatable bonds is 7. The van der Waals surface area contributed by atoms with Gasteiger partial charge in [0.2, 0.25) is 15.9 Å². The highest BCUT2D eigenvalue weighted by Crippen LogP contribution is 2.18. The van der Waals surface area contributed by atoms with Crippen LogP contribution in [0.2, 0.25) is 0 Å². The van der Waals surface area contributed by atoms with Crippen LogP contribution >= 0.6 is 0 Å². The van der Waals surface area contributed by atoms with Crippen LogP contribution in [0.5, 0.6) is 0 Å². The summed E-state index contributed by atoms with van der Waals surface area (Å²) in [5.74, 6) is -0.248. The Morgan fingerprint density at radius 2 is 1.86 bits per heavy atom. The Kier molecular flexibility index (Phi) is 6.17. The van der Waals surface area contributed by atoms with Crippen molar-refractivity contribution in [1.29, 1.82) is 0 Å². The van der Waals surface area contributed by atoms with E-state index in [0.29, 0.717) is 18.8 Å². The van der Waals surface area contributed by atoms with E-state index < -0.39 is 10.0 Å². The molecule has 3 N–H and O–H groups in total. The lowest BCUT2D eigenvalue weighted by Crippen LogP contribution is -2.39. The van der Waals surface area contributed by atoms with Crippen LogP contribution in [-0.4, -0.2) is 38.9 Å². The molecule has 0 saturated carbocycles. The van der Waals surface area contributed by atoms with Crippen molar-refractivity contribution < 1.29 is 13.2 Å². The summed E-state index contributed by atoms with van der Waals surface area (Å²) in [4.78, 5) is 13.5. The monoisotopic (exact) mass is 313 g/mol. The second-order valence-corrected chi connectivity index (χ2v) is 6.37. The Labute approximate surface area is 126 Å². The summed E-state index contributed by atoms with van der Waals surface area (Å²) in [6.07, 6.45) is 0.736. The first kappa shape index (κ1) is 17.5. The van der Waals surface area contributed by atoms with Gasteiger partial charge in [-0.3, -0.25) is 4.79 Å². The molecule has 0 aliphatic heterocycles. The van der Waals surface area contributed by atoms with Crippen molar-refractivity contribution in [2.45, 2.75) is 32.1 Å². The van der Waals surface area contributed by atoms with Crippen molar-refractivity contribution in [3.63, 3.8) is 0 Å². The molecular formula is C14H23N3O3S. The second-order valence-electron chi connectivity index (χ2n) is 4.60. The van der Waals surface area contributed by atoms with Gasteiger partial charge in [-0.1, -0.05) is 13.0 Å². The van der Waals surface area contributed by atoms with Crippen LogP contribution in [0, 0.1) is 0 Å². The van der Waals surface area contributed by atoms with E-state index in [0.717, 1.165) is 12.0 Å². The maximum absolute atomic E-state index is 12.2. The van der Waals surface area contributed by atoms with Crippen molar-refractivity contribution in [3.8, 4) is 0 Å². The first-order valence-electron chi connectivity index (χ1n) is 7.01. The van der Waals surface area contributed by atoms with E-state index in [1.165, 1.54) is 12.1 Å². The number of nitrogens with one attached hydrogen (secondary N) is 1. The van der Waals surface area contributed by atoms with Gasteiger partial charge in [0.25, 0.3) is 0 Å². The highest BCUT2D eigenvalue weighted by molar-refractivity contribution is 7.89. The Morgan fingerprint density at radius 1 is 1.24 bits per heavy atom. The highest BCUT2D eigenvalue weighted by Gasteiger charge is 2.18. The average molecular weight is 313 g/mol. The molecule has 0 heterocycles. The fraction of sp³-hybridized carbons (Fsp3) is 0.500. The predicted octanol–water partition coefficient (Wildman–Crippen LogP) is 0.978. The summed E-state index contributed by atoms with van der Waals surface area (Å²) in [7, 11) is -3.73. The smallest absolute Gasteiger partial charge is 0.241 e. The van der Waals surface area contributed by atoms with Gasteiger partial charge < -0.3 is 10.6 Å². The molecule has 6 nitrogen and oxygen atoms in total. The fourth-order valence-corrected chi connectivity index (χ4v) is 3.00. The predicted molar refractivity (Wildman–Crippen MR) is 83.3 cm³/mol. The van der Waals surface area contributed by atoms with E-state index in [9.17, 15) is 13.2 Å². The lowest BCUT2D eigenvalue weighted by atomic mass is 10.1. The Bertz CT molecular complexity index is 595. The minimum absolute atomic E-state index is 0.0737. The van der Waals surface area contributed by atoms with Crippen LogP contribution in [-0.2, 0) is 21.2 Å². The Balaban J connectivity index is 2.83. The van der Waals surface area contributed by atoms with E-state index in [1.54, 1.807) is 11.0 Å². The summed E-state index contributed by atoms with van der Waals surface area (Å²) in [6, 6.07) is 4.61. The Hall–Kier alpha value is -1.60. The maximum Gasteiger partial charge on any atom is 0.241 e. The molecule has 0 radical (unpaired) electrons. The summed E-state index contributed by atoms with van der Waals surface area (Å²) < 4.78 is 26.6. The first-order chi connectivity index (χ1) is 9.85. The van der Waals surface area contributed by atoms with Crippen LogP contribution in [0.3, 0.4) is 0 Å². The molecule has 0 fully saturated rings. The number of carbonyl (C=O) groups is 1. The van der Waals surface area contributed by atoms with Crippen LogP contribution < -0.4 is 10.5 Å². The fourth-order valence-electron chi connectivity index (χ4n) is 1.99. The molecule has 118 valence electrons. The lowest BCUT2D eigenvalue weighted by Gasteiger charge is -2.18. The number of aryl methyl sites for hydroxylation is 1. The van der Waals surface area contributed by atoms with Crippen molar-refractivity contribution in [2.75, 3.05) is 25.4 Å². The van der Waals surface area contributed by atoms with Crippen molar-refractivity contribution in [2.24, 2.45) is 0 Å². The van der Waals surface area contributed by atoms with E-state index in [-0.39, 0.29) is 17.3 Å². The quantitative estimate of drug-likeness (QED) is 0.734. The molecular weight excluding hydrogens is 290 g/mol. The highest BCUT2D eigenvalue weighted by atomic mass is 32.2. The minimum atomic E-state index is -3.73. The number of anilines is 1. The number of likely N-dealkylation sites (N-methyl/N-ethyl adjacent to an activating group) is 1. The van der Waals surface area contributed by atoms with Crippen molar-refractivity contribution >= 4 is 21.6 Å². The van der Waals surface area contributed by atoms with Gasteiger partial charge in [0.05, 0.1) is 11.4 Å². The molecule has 1 rings (SSSR count). The minimum Gasteiger partial charge on any atom is -0.398 e. The zero-order valence-electron chi connectivity index (χ0n) is 12.7. The number of nitrogen functional groups attached to an aromatic ring is 1. The largest absolute Gasteiger partial charge is 0.398 e. The van der Waals surface area contributed by atoms with Gasteiger partial charge >= 0.3 is 0 Å². The molecule has 0 aromatic heterocycles. The van der Waals surface area contributed by atoms with Gasteiger partial charge in [0.1, 0.15) is 0 Å². The van der Waals surface area contributed by atoms with E-state index in [2.05, 4.69) is 4.72 Å². The number of benzene rings is 1. The van der Waals surface area contributed by atoms with Crippen molar-refractivity contribution in [1.82, 2.24) is 9.62 Å². The summed E-state index contributed by atoms with van der Waals surface area (Å²) in [5.41, 5.74) is 7.15. The molecule has 0 aliphatic rings. The lowest BCUT2D eigenvalue weighted by molar-refractivity contribution is -0.129. The van der Waals surface area contributed by atoms with Gasteiger partial charge in [-0.15, -0.1) is 0 Å². The summed E-state index contributed by atoms with van der Waals surface area (Å²) >= 11 is 0. The van der Waals surface area contributed by atoms with Crippen LogP contribution in [0.4, 0.5) is 5.69 Å². The third kappa shape index (κ3) is 4.44. The van der Waals surface area contributed by atoms with E-state index in [1.807, 2.05) is 20.8 Å². The van der Waals surface area contributed by atoms with Gasteiger partial charge in [0.15, 0.2) is 0 Å². The second kappa shape index (κ2) is 7.42. The van der Waals surface area contributed by atoms with Gasteiger partial charge in [-0.05, 0) is 38.0 Å². The molecule has 0 unspecified atom stereocenters. The topological polar surface area (TPSA) is 92.5 Å². The molecule has 0 atom stereocenters. The van der Waals surface area contributed by atoms with Gasteiger partial charge in [-0.2, -0.15) is 0 Å².